The van der Waals surface area contributed by atoms with Crippen LogP contribution in [0.15, 0.2) is 24.3 Å². The minimum Gasteiger partial charge on any atom is -0.385 e. The van der Waals surface area contributed by atoms with E-state index < -0.39 is 5.92 Å². The van der Waals surface area contributed by atoms with Crippen molar-refractivity contribution in [2.45, 2.75) is 63.7 Å². The number of hydrogen-bond donors (Lipinski definition) is 2. The van der Waals surface area contributed by atoms with Crippen LogP contribution in [0, 0.1) is 0 Å². The van der Waals surface area contributed by atoms with Crippen molar-refractivity contribution in [2.24, 2.45) is 0 Å². The Kier molecular flexibility index (Phi) is 8.63. The highest BCUT2D eigenvalue weighted by Gasteiger charge is 2.33. The lowest BCUT2D eigenvalue weighted by molar-refractivity contribution is -0.120. The first-order valence-corrected chi connectivity index (χ1v) is 11.5. The summed E-state index contributed by atoms with van der Waals surface area (Å²) in [6.45, 7) is 3.27. The van der Waals surface area contributed by atoms with Gasteiger partial charge in [0.25, 0.3) is 5.92 Å². The van der Waals surface area contributed by atoms with Crippen LogP contribution < -0.4 is 15.5 Å². The van der Waals surface area contributed by atoms with Crippen LogP contribution in [0.4, 0.5) is 25.0 Å². The first-order valence-electron chi connectivity index (χ1n) is 11.5. The number of hydrogen-bond acceptors (Lipinski definition) is 4. The average Bonchev–Trinajstić information content (AvgIpc) is 2.74. The van der Waals surface area contributed by atoms with Gasteiger partial charge in [-0.25, -0.2) is 13.6 Å². The number of nitrogens with zero attached hydrogens (tertiary/aromatic N) is 2. The Morgan fingerprint density at radius 1 is 0.968 bits per heavy atom. The van der Waals surface area contributed by atoms with Crippen LogP contribution in [0.2, 0.25) is 0 Å². The number of urea groups is 1. The van der Waals surface area contributed by atoms with Gasteiger partial charge in [0.1, 0.15) is 0 Å². The molecule has 2 aliphatic heterocycles. The van der Waals surface area contributed by atoms with Crippen molar-refractivity contribution < 1.29 is 18.4 Å². The molecular weight excluding hydrogens is 402 g/mol. The van der Waals surface area contributed by atoms with E-state index in [0.717, 1.165) is 50.1 Å². The number of anilines is 2. The number of carbonyl (C=O) groups excluding carboxylic acids is 2. The Morgan fingerprint density at radius 2 is 1.68 bits per heavy atom. The molecule has 0 aliphatic carbocycles. The van der Waals surface area contributed by atoms with Gasteiger partial charge in [0.15, 0.2) is 0 Å². The molecule has 172 valence electrons. The number of benzene rings is 1. The largest absolute Gasteiger partial charge is 0.385 e. The molecule has 2 fully saturated rings. The number of piperidine rings is 1. The quantitative estimate of drug-likeness (QED) is 0.497. The molecule has 0 aromatic heterocycles. The molecule has 0 saturated carbocycles. The molecule has 1 aromatic carbocycles. The Bertz CT molecular complexity index is 734. The maximum Gasteiger partial charge on any atom is 0.328 e. The van der Waals surface area contributed by atoms with Gasteiger partial charge in [0.2, 0.25) is 5.91 Å². The van der Waals surface area contributed by atoms with Crippen LogP contribution >= 0.6 is 0 Å². The molecule has 2 heterocycles. The van der Waals surface area contributed by atoms with E-state index in [1.807, 2.05) is 24.3 Å². The number of nitrogens with one attached hydrogen (secondary N) is 2. The summed E-state index contributed by atoms with van der Waals surface area (Å²) in [5.74, 6) is -2.68. The molecule has 1 aromatic rings. The van der Waals surface area contributed by atoms with Gasteiger partial charge in [-0.15, -0.1) is 0 Å². The number of amides is 3. The van der Waals surface area contributed by atoms with E-state index in [4.69, 9.17) is 0 Å². The van der Waals surface area contributed by atoms with Gasteiger partial charge in [-0.3, -0.25) is 15.0 Å². The van der Waals surface area contributed by atoms with Crippen molar-refractivity contribution in [2.75, 3.05) is 42.9 Å². The molecule has 31 heavy (non-hydrogen) atoms. The third-order valence-corrected chi connectivity index (χ3v) is 6.03. The molecule has 6 nitrogen and oxygen atoms in total. The zero-order chi connectivity index (χ0) is 22.1. The second-order valence-electron chi connectivity index (χ2n) is 8.55. The summed E-state index contributed by atoms with van der Waals surface area (Å²) in [4.78, 5) is 27.0. The van der Waals surface area contributed by atoms with Crippen LogP contribution in [-0.4, -0.2) is 55.5 Å². The zero-order valence-electron chi connectivity index (χ0n) is 18.2. The fraction of sp³-hybridized carbons (Fsp3) is 0.652. The van der Waals surface area contributed by atoms with E-state index in [1.165, 1.54) is 12.8 Å². The Labute approximate surface area is 183 Å². The highest BCUT2D eigenvalue weighted by Crippen LogP contribution is 2.27. The van der Waals surface area contributed by atoms with Crippen LogP contribution in [0.25, 0.3) is 0 Å². The summed E-state index contributed by atoms with van der Waals surface area (Å²) in [7, 11) is 0. The average molecular weight is 437 g/mol. The Morgan fingerprint density at radius 3 is 2.42 bits per heavy atom. The maximum atomic E-state index is 13.1. The van der Waals surface area contributed by atoms with Crippen LogP contribution in [0.1, 0.15) is 57.8 Å². The molecule has 2 N–H and O–H groups in total. The summed E-state index contributed by atoms with van der Waals surface area (Å²) < 4.78 is 26.3. The Hall–Kier alpha value is -2.22. The smallest absolute Gasteiger partial charge is 0.328 e. The molecule has 2 aliphatic rings. The number of rotatable bonds is 11. The molecule has 0 spiro atoms. The van der Waals surface area contributed by atoms with Gasteiger partial charge < -0.3 is 10.2 Å². The first-order chi connectivity index (χ1) is 14.9. The number of carbonyl (C=O) groups is 2. The second-order valence-corrected chi connectivity index (χ2v) is 8.55. The fourth-order valence-electron chi connectivity index (χ4n) is 4.10. The minimum absolute atomic E-state index is 0.00775. The van der Waals surface area contributed by atoms with Crippen molar-refractivity contribution in [1.82, 2.24) is 10.2 Å². The van der Waals surface area contributed by atoms with E-state index in [2.05, 4.69) is 15.5 Å². The van der Waals surface area contributed by atoms with Gasteiger partial charge in [0, 0.05) is 56.8 Å². The number of unbranched alkanes of at least 4 members (excludes halogenated alkanes) is 5. The van der Waals surface area contributed by atoms with Crippen molar-refractivity contribution in [3.8, 4) is 0 Å². The van der Waals surface area contributed by atoms with Gasteiger partial charge in [0.05, 0.1) is 0 Å². The van der Waals surface area contributed by atoms with E-state index >= 15 is 0 Å². The molecule has 3 rings (SSSR count). The molecule has 0 atom stereocenters. The van der Waals surface area contributed by atoms with Crippen LogP contribution in [0.3, 0.4) is 0 Å². The summed E-state index contributed by atoms with van der Waals surface area (Å²) in [5.41, 5.74) is 1.75. The van der Waals surface area contributed by atoms with Crippen molar-refractivity contribution >= 4 is 23.3 Å². The monoisotopic (exact) mass is 436 g/mol. The maximum absolute atomic E-state index is 13.1. The van der Waals surface area contributed by atoms with E-state index in [9.17, 15) is 18.4 Å². The number of halogens is 2. The van der Waals surface area contributed by atoms with Crippen molar-refractivity contribution in [1.29, 1.82) is 0 Å². The molecular formula is C23H34F2N4O2. The van der Waals surface area contributed by atoms with Crippen molar-refractivity contribution in [3.63, 3.8) is 0 Å². The second kappa shape index (κ2) is 11.4. The number of likely N-dealkylation sites (tertiary alicyclic amines) is 1. The summed E-state index contributed by atoms with van der Waals surface area (Å²) >= 11 is 0. The molecule has 2 saturated heterocycles. The van der Waals surface area contributed by atoms with Gasteiger partial charge in [-0.1, -0.05) is 31.7 Å². The molecule has 0 bridgehead atoms. The topological polar surface area (TPSA) is 64.7 Å². The Balaban J connectivity index is 1.23. The lowest BCUT2D eigenvalue weighted by Gasteiger charge is -2.31. The highest BCUT2D eigenvalue weighted by atomic mass is 19.3. The first kappa shape index (κ1) is 23.4. The standard InChI is InChI=1S/C23H34F2N4O2/c24-23(25)11-16-28(17-12-23)14-6-4-2-1-3-5-13-26-19-8-7-9-20(18-19)29-15-10-21(30)27-22(29)31/h7-9,18,26H,1-6,10-17H2,(H,27,30,31). The van der Waals surface area contributed by atoms with E-state index in [0.29, 0.717) is 26.1 Å². The van der Waals surface area contributed by atoms with Gasteiger partial charge in [-0.2, -0.15) is 0 Å². The number of alkyl halides is 2. The number of imide groups is 1. The molecule has 8 heteroatoms. The predicted octanol–water partition coefficient (Wildman–Crippen LogP) is 4.62. The van der Waals surface area contributed by atoms with E-state index in [-0.39, 0.29) is 24.8 Å². The van der Waals surface area contributed by atoms with Crippen LogP contribution in [0.5, 0.6) is 0 Å². The summed E-state index contributed by atoms with van der Waals surface area (Å²) in [6.07, 6.45) is 7.17. The zero-order valence-corrected chi connectivity index (χ0v) is 18.2. The highest BCUT2D eigenvalue weighted by molar-refractivity contribution is 6.05. The van der Waals surface area contributed by atoms with Crippen molar-refractivity contribution in [3.05, 3.63) is 24.3 Å². The molecule has 0 unspecified atom stereocenters. The lowest BCUT2D eigenvalue weighted by Crippen LogP contribution is -2.49. The SMILES string of the molecule is O=C1CCN(c2cccc(NCCCCCCCCN3CCC(F)(F)CC3)c2)C(=O)N1. The third kappa shape index (κ3) is 7.76. The van der Waals surface area contributed by atoms with Gasteiger partial charge in [-0.05, 0) is 37.6 Å². The molecule has 0 radical (unpaired) electrons. The van der Waals surface area contributed by atoms with Gasteiger partial charge >= 0.3 is 6.03 Å². The summed E-state index contributed by atoms with van der Waals surface area (Å²) in [6, 6.07) is 7.33. The summed E-state index contributed by atoms with van der Waals surface area (Å²) in [5, 5.41) is 5.75. The normalized spacial score (nSPS) is 19.4. The predicted molar refractivity (Wildman–Crippen MR) is 119 cm³/mol. The lowest BCUT2D eigenvalue weighted by atomic mass is 10.1. The van der Waals surface area contributed by atoms with Crippen LogP contribution in [-0.2, 0) is 4.79 Å². The minimum atomic E-state index is -2.45. The fourth-order valence-corrected chi connectivity index (χ4v) is 4.10. The molecule has 3 amide bonds. The third-order valence-electron chi connectivity index (χ3n) is 6.03. The van der Waals surface area contributed by atoms with E-state index in [1.54, 1.807) is 4.90 Å².